The monoisotopic (exact) mass is 559 g/mol. The van der Waals surface area contributed by atoms with E-state index in [0.29, 0.717) is 34.9 Å². The second-order valence-electron chi connectivity index (χ2n) is 10.0. The number of hydrogen-bond acceptors (Lipinski definition) is 8. The number of rotatable bonds is 9. The van der Waals surface area contributed by atoms with E-state index >= 15 is 0 Å². The van der Waals surface area contributed by atoms with E-state index in [1.54, 1.807) is 24.3 Å². The van der Waals surface area contributed by atoms with Gasteiger partial charge in [-0.05, 0) is 37.8 Å². The third kappa shape index (κ3) is 6.24. The van der Waals surface area contributed by atoms with Crippen LogP contribution in [0.1, 0.15) is 49.5 Å². The zero-order valence-electron chi connectivity index (χ0n) is 21.7. The fourth-order valence-electron chi connectivity index (χ4n) is 4.79. The van der Waals surface area contributed by atoms with Gasteiger partial charge < -0.3 is 4.90 Å². The summed E-state index contributed by atoms with van der Waals surface area (Å²) < 4.78 is 25.2. The van der Waals surface area contributed by atoms with Crippen LogP contribution >= 0.6 is 11.3 Å². The van der Waals surface area contributed by atoms with Crippen molar-refractivity contribution in [2.45, 2.75) is 55.7 Å². The van der Waals surface area contributed by atoms with E-state index in [4.69, 9.17) is 0 Å². The number of sulfone groups is 1. The minimum atomic E-state index is -3.30. The van der Waals surface area contributed by atoms with Gasteiger partial charge in [-0.3, -0.25) is 14.7 Å². The Hall–Kier alpha value is -2.83. The number of H-pyrrole nitrogens is 1. The van der Waals surface area contributed by atoms with E-state index in [1.807, 2.05) is 23.0 Å². The van der Waals surface area contributed by atoms with Gasteiger partial charge in [0.15, 0.2) is 15.5 Å². The lowest BCUT2D eigenvalue weighted by Crippen LogP contribution is -2.48. The van der Waals surface area contributed by atoms with Crippen molar-refractivity contribution in [1.82, 2.24) is 14.8 Å². The highest BCUT2D eigenvalue weighted by Gasteiger charge is 2.37. The summed E-state index contributed by atoms with van der Waals surface area (Å²) in [4.78, 5) is 34.1. The highest BCUT2D eigenvalue weighted by atomic mass is 32.2. The number of aromatic nitrogens is 1. The molecule has 2 saturated heterocycles. The Labute approximate surface area is 227 Å². The normalized spacial score (nSPS) is 19.1. The number of nitrogens with zero attached hydrogens (tertiary/aromatic N) is 4. The molecule has 2 aromatic rings. The summed E-state index contributed by atoms with van der Waals surface area (Å²) in [6.45, 7) is 7.34. The van der Waals surface area contributed by atoms with Crippen molar-refractivity contribution in [3.8, 4) is 0 Å². The quantitative estimate of drug-likeness (QED) is 0.470. The lowest BCUT2D eigenvalue weighted by atomic mass is 10.1. The number of carbonyl (C=O) groups excluding carboxylic acids is 2. The second kappa shape index (κ2) is 11.5. The molecule has 1 aromatic heterocycles. The Balaban J connectivity index is 1.25. The number of amides is 2. The molecular weight excluding hydrogens is 524 g/mol. The van der Waals surface area contributed by atoms with Gasteiger partial charge in [-0.2, -0.15) is 10.4 Å². The molecule has 12 heteroatoms. The number of carbonyl (C=O) groups is 2. The minimum absolute atomic E-state index is 0.199. The van der Waals surface area contributed by atoms with E-state index < -0.39 is 9.84 Å². The first kappa shape index (κ1) is 26.8. The molecule has 1 aromatic carbocycles. The predicted molar refractivity (Wildman–Crippen MR) is 146 cm³/mol. The van der Waals surface area contributed by atoms with Crippen molar-refractivity contribution in [2.75, 3.05) is 44.6 Å². The minimum Gasteiger partial charge on any atom is -0.340 e. The molecule has 1 saturated carbocycles. The van der Waals surface area contributed by atoms with Crippen molar-refractivity contribution in [2.24, 2.45) is 5.10 Å². The van der Waals surface area contributed by atoms with Gasteiger partial charge >= 0.3 is 11.0 Å². The third-order valence-corrected chi connectivity index (χ3v) is 10.4. The zero-order chi connectivity index (χ0) is 26.7. The Morgan fingerprint density at radius 2 is 1.74 bits per heavy atom. The Kier molecular flexibility index (Phi) is 8.10. The molecule has 0 unspecified atom stereocenters. The first-order chi connectivity index (χ1) is 18.3. The van der Waals surface area contributed by atoms with Crippen LogP contribution in [0.3, 0.4) is 0 Å². The summed E-state index contributed by atoms with van der Waals surface area (Å²) >= 11 is 1.48. The third-order valence-electron chi connectivity index (χ3n) is 7.19. The highest BCUT2D eigenvalue weighted by molar-refractivity contribution is 7.92. The molecule has 3 aliphatic rings. The average Bonchev–Trinajstić information content (AvgIpc) is 3.51. The van der Waals surface area contributed by atoms with Gasteiger partial charge in [0.05, 0.1) is 15.0 Å². The van der Waals surface area contributed by atoms with E-state index in [2.05, 4.69) is 20.3 Å². The summed E-state index contributed by atoms with van der Waals surface area (Å²) in [5.74, 6) is -0.143. The number of hydrogen-bond donors (Lipinski definition) is 1. The van der Waals surface area contributed by atoms with Crippen LogP contribution in [0.15, 0.2) is 40.5 Å². The van der Waals surface area contributed by atoms with Crippen LogP contribution in [0.4, 0.5) is 5.13 Å². The highest BCUT2D eigenvalue weighted by Crippen LogP contribution is 2.33. The van der Waals surface area contributed by atoms with Gasteiger partial charge in [0.2, 0.25) is 5.91 Å². The topological polar surface area (TPSA) is 117 Å². The molecule has 0 spiro atoms. The van der Waals surface area contributed by atoms with Crippen LogP contribution in [0.2, 0.25) is 0 Å². The van der Waals surface area contributed by atoms with Gasteiger partial charge in [-0.1, -0.05) is 30.4 Å². The SMILES string of the molecule is CCC(=O)N1CCN(Cc2c[nH+]c(NC(=O)C(=NN3CCCC3)c3ccc(S(=O)(=O)C4CC4)cc3)s2)CC1. The molecule has 2 amide bonds. The van der Waals surface area contributed by atoms with E-state index in [9.17, 15) is 18.0 Å². The van der Waals surface area contributed by atoms with Crippen molar-refractivity contribution < 1.29 is 23.0 Å². The summed E-state index contributed by atoms with van der Waals surface area (Å²) in [7, 11) is -3.30. The number of thiazole rings is 1. The van der Waals surface area contributed by atoms with E-state index in [0.717, 1.165) is 63.5 Å². The summed E-state index contributed by atoms with van der Waals surface area (Å²) in [6, 6.07) is 6.52. The van der Waals surface area contributed by atoms with Crippen LogP contribution in [0, 0.1) is 0 Å². The first-order valence-corrected chi connectivity index (χ1v) is 15.7. The lowest BCUT2D eigenvalue weighted by Gasteiger charge is -2.34. The molecule has 0 atom stereocenters. The number of hydrazone groups is 1. The van der Waals surface area contributed by atoms with E-state index in [1.165, 1.54) is 11.3 Å². The molecule has 3 heterocycles. The predicted octanol–water partition coefficient (Wildman–Crippen LogP) is 1.99. The fourth-order valence-corrected chi connectivity index (χ4v) is 7.33. The van der Waals surface area contributed by atoms with Gasteiger partial charge in [-0.15, -0.1) is 0 Å². The number of aromatic amines is 1. The lowest BCUT2D eigenvalue weighted by molar-refractivity contribution is -0.354. The maximum atomic E-state index is 13.4. The molecule has 0 bridgehead atoms. The number of nitrogens with one attached hydrogen (secondary N) is 2. The standard InChI is InChI=1S/C26H34N6O4S2/c1-2-23(33)31-15-13-30(14-16-31)18-20-17-27-26(37-20)28-25(34)24(29-32-11-3-4-12-32)19-5-7-21(8-6-19)38(35,36)22-9-10-22/h5-8,17,22H,2-4,9-16,18H2,1H3,(H,27,28,34)/p+1. The van der Waals surface area contributed by atoms with Gasteiger partial charge in [0.25, 0.3) is 0 Å². The second-order valence-corrected chi connectivity index (χ2v) is 13.4. The number of piperazine rings is 1. The van der Waals surface area contributed by atoms with Gasteiger partial charge in [0.1, 0.15) is 6.20 Å². The van der Waals surface area contributed by atoms with Gasteiger partial charge in [0, 0.05) is 57.8 Å². The largest absolute Gasteiger partial charge is 0.360 e. The average molecular weight is 560 g/mol. The van der Waals surface area contributed by atoms with Crippen molar-refractivity contribution in [1.29, 1.82) is 0 Å². The Morgan fingerprint density at radius 1 is 1.05 bits per heavy atom. The molecule has 5 rings (SSSR count). The van der Waals surface area contributed by atoms with Crippen LogP contribution in [0.5, 0.6) is 0 Å². The first-order valence-electron chi connectivity index (χ1n) is 13.3. The number of anilines is 1. The smallest absolute Gasteiger partial charge is 0.340 e. The molecule has 204 valence electrons. The van der Waals surface area contributed by atoms with Crippen molar-refractivity contribution in [3.05, 3.63) is 40.9 Å². The van der Waals surface area contributed by atoms with Crippen LogP contribution < -0.4 is 10.3 Å². The molecule has 0 radical (unpaired) electrons. The van der Waals surface area contributed by atoms with Gasteiger partial charge in [-0.25, -0.2) is 18.2 Å². The molecular formula is C26H35N6O4S2+. The summed E-state index contributed by atoms with van der Waals surface area (Å²) in [5.41, 5.74) is 0.850. The molecule has 2 aliphatic heterocycles. The van der Waals surface area contributed by atoms with E-state index in [-0.39, 0.29) is 22.8 Å². The fraction of sp³-hybridized carbons (Fsp3) is 0.538. The zero-order valence-corrected chi connectivity index (χ0v) is 23.3. The van der Waals surface area contributed by atoms with Crippen molar-refractivity contribution in [3.63, 3.8) is 0 Å². The van der Waals surface area contributed by atoms with Crippen molar-refractivity contribution >= 4 is 43.8 Å². The molecule has 1 aliphatic carbocycles. The van der Waals surface area contributed by atoms with Crippen LogP contribution in [-0.2, 0) is 26.0 Å². The molecule has 3 fully saturated rings. The van der Waals surface area contributed by atoms with Crippen LogP contribution in [-0.4, -0.2) is 85.3 Å². The maximum absolute atomic E-state index is 13.4. The Bertz CT molecular complexity index is 1290. The summed E-state index contributed by atoms with van der Waals surface area (Å²) in [5, 5.41) is 9.84. The van der Waals surface area contributed by atoms with Crippen LogP contribution in [0.25, 0.3) is 0 Å². The molecule has 10 nitrogen and oxygen atoms in total. The molecule has 38 heavy (non-hydrogen) atoms. The summed E-state index contributed by atoms with van der Waals surface area (Å²) in [6.07, 6.45) is 5.92. The number of benzene rings is 1. The molecule has 2 N–H and O–H groups in total. The maximum Gasteiger partial charge on any atom is 0.360 e. The Morgan fingerprint density at radius 3 is 2.37 bits per heavy atom.